The van der Waals surface area contributed by atoms with Crippen molar-refractivity contribution < 1.29 is 14.0 Å². The Morgan fingerprint density at radius 3 is 2.36 bits per heavy atom. The largest absolute Gasteiger partial charge is 0.326 e. The first kappa shape index (κ1) is 10.4. The number of rotatable bonds is 2. The van der Waals surface area contributed by atoms with Gasteiger partial charge in [-0.2, -0.15) is 0 Å². The van der Waals surface area contributed by atoms with Crippen molar-refractivity contribution in [2.24, 2.45) is 0 Å². The van der Waals surface area contributed by atoms with Crippen molar-refractivity contribution in [1.82, 2.24) is 0 Å². The van der Waals surface area contributed by atoms with E-state index in [-0.39, 0.29) is 17.3 Å². The minimum atomic E-state index is -0.622. The summed E-state index contributed by atoms with van der Waals surface area (Å²) < 4.78 is 13.2. The van der Waals surface area contributed by atoms with Crippen LogP contribution >= 0.6 is 0 Å². The first-order chi connectivity index (χ1) is 6.50. The van der Waals surface area contributed by atoms with Crippen LogP contribution in [-0.4, -0.2) is 11.7 Å². The fourth-order valence-electron chi connectivity index (χ4n) is 1.08. The molecule has 74 valence electrons. The van der Waals surface area contributed by atoms with Crippen molar-refractivity contribution >= 4 is 17.4 Å². The molecule has 0 spiro atoms. The molecule has 1 rings (SSSR count). The third-order valence-electron chi connectivity index (χ3n) is 1.67. The Kier molecular flexibility index (Phi) is 2.96. The molecule has 0 aliphatic heterocycles. The number of anilines is 1. The van der Waals surface area contributed by atoms with Gasteiger partial charge in [0.2, 0.25) is 5.91 Å². The van der Waals surface area contributed by atoms with Gasteiger partial charge in [0.1, 0.15) is 5.82 Å². The Morgan fingerprint density at radius 1 is 1.29 bits per heavy atom. The highest BCUT2D eigenvalue weighted by Gasteiger charge is 2.07. The van der Waals surface area contributed by atoms with Crippen LogP contribution in [-0.2, 0) is 4.79 Å². The van der Waals surface area contributed by atoms with Gasteiger partial charge in [0.15, 0.2) is 5.78 Å². The second kappa shape index (κ2) is 4.00. The molecule has 1 N–H and O–H groups in total. The number of benzene rings is 1. The Balaban J connectivity index is 3.00. The molecular weight excluding hydrogens is 185 g/mol. The zero-order chi connectivity index (χ0) is 10.7. The van der Waals surface area contributed by atoms with E-state index in [1.165, 1.54) is 26.0 Å². The standard InChI is InChI=1S/C10H10FNO2/c1-6(13)9-4-3-8(5-10(9)11)12-7(2)14/h3-5H,1-2H3,(H,12,14). The fraction of sp³-hybridized carbons (Fsp3) is 0.200. The van der Waals surface area contributed by atoms with Gasteiger partial charge in [0, 0.05) is 12.6 Å². The normalized spacial score (nSPS) is 9.64. The number of hydrogen-bond acceptors (Lipinski definition) is 2. The zero-order valence-electron chi connectivity index (χ0n) is 7.93. The van der Waals surface area contributed by atoms with Crippen molar-refractivity contribution in [2.75, 3.05) is 5.32 Å². The van der Waals surface area contributed by atoms with Gasteiger partial charge in [-0.15, -0.1) is 0 Å². The molecule has 0 aromatic heterocycles. The molecule has 14 heavy (non-hydrogen) atoms. The molecule has 3 nitrogen and oxygen atoms in total. The molecule has 0 aliphatic carbocycles. The Morgan fingerprint density at radius 2 is 1.93 bits per heavy atom. The van der Waals surface area contributed by atoms with Crippen LogP contribution in [0, 0.1) is 5.82 Å². The molecule has 1 aromatic carbocycles. The quantitative estimate of drug-likeness (QED) is 0.733. The summed E-state index contributed by atoms with van der Waals surface area (Å²) in [6.45, 7) is 2.62. The minimum Gasteiger partial charge on any atom is -0.326 e. The average molecular weight is 195 g/mol. The van der Waals surface area contributed by atoms with E-state index in [0.29, 0.717) is 5.69 Å². The van der Waals surface area contributed by atoms with Crippen LogP contribution in [0.5, 0.6) is 0 Å². The number of amides is 1. The molecule has 1 aromatic rings. The summed E-state index contributed by atoms with van der Waals surface area (Å²) in [7, 11) is 0. The molecule has 0 bridgehead atoms. The minimum absolute atomic E-state index is 0.0269. The second-order valence-electron chi connectivity index (χ2n) is 2.93. The summed E-state index contributed by atoms with van der Waals surface area (Å²) in [5.41, 5.74) is 0.374. The molecule has 0 unspecified atom stereocenters. The topological polar surface area (TPSA) is 46.2 Å². The molecular formula is C10H10FNO2. The van der Waals surface area contributed by atoms with Gasteiger partial charge < -0.3 is 5.32 Å². The highest BCUT2D eigenvalue weighted by atomic mass is 19.1. The van der Waals surface area contributed by atoms with Gasteiger partial charge in [0.05, 0.1) is 5.56 Å². The number of halogens is 1. The van der Waals surface area contributed by atoms with E-state index in [0.717, 1.165) is 6.07 Å². The SMILES string of the molecule is CC(=O)Nc1ccc(C(C)=O)c(F)c1. The number of hydrogen-bond donors (Lipinski definition) is 1. The van der Waals surface area contributed by atoms with Crippen molar-refractivity contribution in [1.29, 1.82) is 0 Å². The number of nitrogens with one attached hydrogen (secondary N) is 1. The van der Waals surface area contributed by atoms with Crippen LogP contribution in [0.25, 0.3) is 0 Å². The lowest BCUT2D eigenvalue weighted by Crippen LogP contribution is -2.07. The van der Waals surface area contributed by atoms with Crippen LogP contribution < -0.4 is 5.32 Å². The second-order valence-corrected chi connectivity index (χ2v) is 2.93. The summed E-state index contributed by atoms with van der Waals surface area (Å²) in [6, 6.07) is 3.96. The third-order valence-corrected chi connectivity index (χ3v) is 1.67. The number of ketones is 1. The van der Waals surface area contributed by atoms with Gasteiger partial charge >= 0.3 is 0 Å². The van der Waals surface area contributed by atoms with Crippen LogP contribution in [0.15, 0.2) is 18.2 Å². The molecule has 0 saturated carbocycles. The predicted molar refractivity (Wildman–Crippen MR) is 50.7 cm³/mol. The van der Waals surface area contributed by atoms with E-state index in [2.05, 4.69) is 5.32 Å². The lowest BCUT2D eigenvalue weighted by Gasteiger charge is -2.03. The molecule has 0 aliphatic rings. The van der Waals surface area contributed by atoms with Gasteiger partial charge in [-0.1, -0.05) is 0 Å². The maximum Gasteiger partial charge on any atom is 0.221 e. The van der Waals surface area contributed by atoms with E-state index in [9.17, 15) is 14.0 Å². The summed E-state index contributed by atoms with van der Waals surface area (Å²) in [4.78, 5) is 21.5. The summed E-state index contributed by atoms with van der Waals surface area (Å²) in [5, 5.41) is 2.42. The highest BCUT2D eigenvalue weighted by molar-refractivity contribution is 5.95. The summed E-state index contributed by atoms with van der Waals surface area (Å²) in [5.74, 6) is -1.24. The Labute approximate surface area is 80.9 Å². The average Bonchev–Trinajstić information content (AvgIpc) is 2.01. The zero-order valence-corrected chi connectivity index (χ0v) is 7.93. The summed E-state index contributed by atoms with van der Waals surface area (Å²) >= 11 is 0. The van der Waals surface area contributed by atoms with Crippen LogP contribution in [0.1, 0.15) is 24.2 Å². The Bertz CT molecular complexity index is 388. The van der Waals surface area contributed by atoms with E-state index in [4.69, 9.17) is 0 Å². The maximum atomic E-state index is 13.2. The molecule has 0 radical (unpaired) electrons. The van der Waals surface area contributed by atoms with E-state index >= 15 is 0 Å². The van der Waals surface area contributed by atoms with Crippen molar-refractivity contribution in [2.45, 2.75) is 13.8 Å². The molecule has 0 heterocycles. The predicted octanol–water partition coefficient (Wildman–Crippen LogP) is 1.99. The summed E-state index contributed by atoms with van der Waals surface area (Å²) in [6.07, 6.45) is 0. The van der Waals surface area contributed by atoms with Gasteiger partial charge in [-0.3, -0.25) is 9.59 Å². The number of carbonyl (C=O) groups excluding carboxylic acids is 2. The molecule has 0 fully saturated rings. The van der Waals surface area contributed by atoms with Crippen molar-refractivity contribution in [3.8, 4) is 0 Å². The Hall–Kier alpha value is -1.71. The molecule has 0 atom stereocenters. The smallest absolute Gasteiger partial charge is 0.221 e. The molecule has 4 heteroatoms. The van der Waals surface area contributed by atoms with Crippen molar-refractivity contribution in [3.05, 3.63) is 29.6 Å². The first-order valence-corrected chi connectivity index (χ1v) is 4.09. The lowest BCUT2D eigenvalue weighted by molar-refractivity contribution is -0.114. The molecule has 0 saturated heterocycles. The van der Waals surface area contributed by atoms with Gasteiger partial charge in [-0.25, -0.2) is 4.39 Å². The lowest BCUT2D eigenvalue weighted by atomic mass is 10.1. The van der Waals surface area contributed by atoms with Crippen LogP contribution in [0.3, 0.4) is 0 Å². The van der Waals surface area contributed by atoms with Gasteiger partial charge in [0.25, 0.3) is 0 Å². The first-order valence-electron chi connectivity index (χ1n) is 4.09. The monoisotopic (exact) mass is 195 g/mol. The number of Topliss-reactive ketones (excluding diaryl/α,β-unsaturated/α-hetero) is 1. The van der Waals surface area contributed by atoms with E-state index in [1.54, 1.807) is 0 Å². The highest BCUT2D eigenvalue weighted by Crippen LogP contribution is 2.14. The van der Waals surface area contributed by atoms with Gasteiger partial charge in [-0.05, 0) is 25.1 Å². The van der Waals surface area contributed by atoms with E-state index < -0.39 is 5.82 Å². The van der Waals surface area contributed by atoms with E-state index in [1.807, 2.05) is 0 Å². The molecule has 1 amide bonds. The fourth-order valence-corrected chi connectivity index (χ4v) is 1.08. The third kappa shape index (κ3) is 2.39. The van der Waals surface area contributed by atoms with Crippen LogP contribution in [0.4, 0.5) is 10.1 Å². The van der Waals surface area contributed by atoms with Crippen LogP contribution in [0.2, 0.25) is 0 Å². The van der Waals surface area contributed by atoms with Crippen molar-refractivity contribution in [3.63, 3.8) is 0 Å². The maximum absolute atomic E-state index is 13.2. The number of carbonyl (C=O) groups is 2.